The summed E-state index contributed by atoms with van der Waals surface area (Å²) in [6.45, 7) is 9.99. The zero-order valence-corrected chi connectivity index (χ0v) is 26.5. The number of ether oxygens (including phenoxy) is 2. The van der Waals surface area contributed by atoms with Gasteiger partial charge in [-0.05, 0) is 109 Å². The van der Waals surface area contributed by atoms with Crippen molar-refractivity contribution in [2.24, 2.45) is 17.8 Å². The Kier molecular flexibility index (Phi) is 9.38. The number of halogens is 1. The van der Waals surface area contributed by atoms with E-state index in [9.17, 15) is 9.59 Å². The van der Waals surface area contributed by atoms with Crippen molar-refractivity contribution >= 4 is 27.8 Å². The van der Waals surface area contributed by atoms with Crippen LogP contribution in [-0.4, -0.2) is 69.5 Å². The normalized spacial score (nSPS) is 16.9. The maximum Gasteiger partial charge on any atom is 0.408 e. The van der Waals surface area contributed by atoms with E-state index in [-0.39, 0.29) is 11.7 Å². The molecule has 1 unspecified atom stereocenters. The molecule has 0 radical (unpaired) electrons. The van der Waals surface area contributed by atoms with Gasteiger partial charge in [0.15, 0.2) is 0 Å². The maximum absolute atomic E-state index is 15.4. The van der Waals surface area contributed by atoms with Crippen LogP contribution in [0, 0.1) is 37.5 Å². The van der Waals surface area contributed by atoms with Gasteiger partial charge in [-0.25, -0.2) is 24.5 Å². The number of pyridine rings is 1. The van der Waals surface area contributed by atoms with E-state index in [0.717, 1.165) is 37.1 Å². The summed E-state index contributed by atoms with van der Waals surface area (Å²) < 4.78 is 28.4. The summed E-state index contributed by atoms with van der Waals surface area (Å²) in [6.07, 6.45) is 10.3. The molecule has 0 bridgehead atoms. The molecule has 0 saturated heterocycles. The first kappa shape index (κ1) is 31.3. The minimum Gasteiger partial charge on any atom is -0.444 e. The number of anilines is 1. The van der Waals surface area contributed by atoms with E-state index < -0.39 is 39.6 Å². The maximum atomic E-state index is 15.4. The molecule has 2 N–H and O–H groups in total. The molecule has 2 aromatic heterocycles. The molecule has 2 heterocycles. The molecule has 228 valence electrons. The third-order valence-corrected chi connectivity index (χ3v) is 8.87. The van der Waals surface area contributed by atoms with Crippen LogP contribution in [0.3, 0.4) is 0 Å². The lowest BCUT2D eigenvalue weighted by molar-refractivity contribution is -0.120. The number of hydrogen-bond acceptors (Lipinski definition) is 6. The quantitative estimate of drug-likeness (QED) is 0.245. The highest BCUT2D eigenvalue weighted by Crippen LogP contribution is 2.51. The Morgan fingerprint density at radius 2 is 1.76 bits per heavy atom. The average molecular weight is 592 g/mol. The zero-order chi connectivity index (χ0) is 30.1. The Hall–Kier alpha value is -2.66. The Balaban J connectivity index is 1.48. The first-order chi connectivity index (χ1) is 19.1. The largest absolute Gasteiger partial charge is 0.444 e. The fourth-order valence-electron chi connectivity index (χ4n) is 5.23. The van der Waals surface area contributed by atoms with Gasteiger partial charge in [0.2, 0.25) is 11.9 Å². The zero-order valence-electron chi connectivity index (χ0n) is 25.7. The monoisotopic (exact) mass is 591 g/mol. The van der Waals surface area contributed by atoms with Crippen LogP contribution in [0.2, 0.25) is 0 Å². The van der Waals surface area contributed by atoms with Gasteiger partial charge in [-0.3, -0.25) is 4.79 Å². The van der Waals surface area contributed by atoms with Crippen LogP contribution in [-0.2, 0) is 21.0 Å². The van der Waals surface area contributed by atoms with Crippen molar-refractivity contribution in [3.05, 3.63) is 29.5 Å². The Morgan fingerprint density at radius 3 is 2.29 bits per heavy atom. The van der Waals surface area contributed by atoms with Crippen LogP contribution >= 0.6 is 10.0 Å². The van der Waals surface area contributed by atoms with Crippen molar-refractivity contribution in [3.8, 4) is 11.1 Å². The highest BCUT2D eigenvalue weighted by atomic mass is 32.3. The molecule has 0 aromatic carbocycles. The molecular formula is C30H46FN5O4S. The Labute approximate surface area is 244 Å². The van der Waals surface area contributed by atoms with E-state index in [1.54, 1.807) is 37.6 Å². The fraction of sp³-hybridized carbons (Fsp3) is 0.667. The lowest BCUT2D eigenvalue weighted by Crippen LogP contribution is -2.51. The van der Waals surface area contributed by atoms with Gasteiger partial charge in [0.25, 0.3) is 0 Å². The molecule has 11 heteroatoms. The first-order valence-electron chi connectivity index (χ1n) is 14.4. The van der Waals surface area contributed by atoms with Crippen molar-refractivity contribution in [1.29, 1.82) is 0 Å². The summed E-state index contributed by atoms with van der Waals surface area (Å²) in [7, 11) is -0.649. The molecule has 9 nitrogen and oxygen atoms in total. The van der Waals surface area contributed by atoms with Gasteiger partial charge < -0.3 is 20.1 Å². The number of carbonyl (C=O) groups excluding carboxylic acids is 2. The molecule has 0 aliphatic heterocycles. The first-order valence-corrected chi connectivity index (χ1v) is 17.4. The molecule has 2 saturated carbocycles. The predicted molar refractivity (Wildman–Crippen MR) is 162 cm³/mol. The lowest BCUT2D eigenvalue weighted by Gasteiger charge is -2.29. The number of rotatable bonds is 12. The van der Waals surface area contributed by atoms with Crippen molar-refractivity contribution < 1.29 is 23.5 Å². The number of nitrogens with one attached hydrogen (secondary N) is 2. The second-order valence-corrected chi connectivity index (χ2v) is 17.9. The summed E-state index contributed by atoms with van der Waals surface area (Å²) in [5.41, 5.74) is 1.72. The van der Waals surface area contributed by atoms with Gasteiger partial charge in [0.05, 0.1) is 12.3 Å². The van der Waals surface area contributed by atoms with E-state index in [1.165, 1.54) is 0 Å². The molecule has 0 spiro atoms. The van der Waals surface area contributed by atoms with Crippen LogP contribution in [0.1, 0.15) is 57.8 Å². The molecule has 2 aliphatic rings. The van der Waals surface area contributed by atoms with E-state index in [4.69, 9.17) is 9.47 Å². The molecule has 1 atom stereocenters. The summed E-state index contributed by atoms with van der Waals surface area (Å²) in [6, 6.07) is 2.42. The van der Waals surface area contributed by atoms with Crippen LogP contribution in [0.15, 0.2) is 12.1 Å². The SMILES string of the molecule is Cc1nn(COCCS(C)(C)C)c(C)c1-c1ccc(NC(=O)C(NC(=O)OC(C)(C)C)C(C2CC2)C2CC2)nc1F. The van der Waals surface area contributed by atoms with E-state index in [0.29, 0.717) is 42.0 Å². The van der Waals surface area contributed by atoms with Gasteiger partial charge in [0.1, 0.15) is 24.2 Å². The number of nitrogens with zero attached hydrogens (tertiary/aromatic N) is 3. The molecule has 2 amide bonds. The molecule has 2 aliphatic carbocycles. The van der Waals surface area contributed by atoms with Crippen molar-refractivity contribution in [1.82, 2.24) is 20.1 Å². The third kappa shape index (κ3) is 8.67. The number of amides is 2. The van der Waals surface area contributed by atoms with Crippen LogP contribution in [0.4, 0.5) is 15.0 Å². The molecule has 2 fully saturated rings. The van der Waals surface area contributed by atoms with Crippen LogP contribution in [0.25, 0.3) is 11.1 Å². The van der Waals surface area contributed by atoms with Crippen molar-refractivity contribution in [3.63, 3.8) is 0 Å². The lowest BCUT2D eigenvalue weighted by atomic mass is 9.89. The van der Waals surface area contributed by atoms with Crippen LogP contribution in [0.5, 0.6) is 0 Å². The van der Waals surface area contributed by atoms with Gasteiger partial charge in [-0.15, -0.1) is 0 Å². The third-order valence-electron chi connectivity index (χ3n) is 7.48. The molecule has 41 heavy (non-hydrogen) atoms. The number of hydrogen-bond donors (Lipinski definition) is 2. The second kappa shape index (κ2) is 12.3. The molecule has 2 aromatic rings. The minimum atomic E-state index is -0.781. The number of alkyl carbamates (subject to hydrolysis) is 1. The van der Waals surface area contributed by atoms with E-state index >= 15 is 4.39 Å². The Bertz CT molecular complexity index is 1250. The standard InChI is InChI=1S/C30H46FN5O4S/c1-18-24(19(2)36(35-18)17-39-15-16-41(6,7)8)22-13-14-23(32-27(22)31)33-28(37)26(34-29(38)40-30(3,4)5)25(20-9-10-20)21-11-12-21/h13-14,20-21,25-26H,9-12,15-17H2,1-8H3,(H,34,38)(H,32,33,37). The summed E-state index contributed by atoms with van der Waals surface area (Å²) in [4.78, 5) is 30.3. The van der Waals surface area contributed by atoms with Gasteiger partial charge in [0, 0.05) is 22.6 Å². The fourth-order valence-corrected chi connectivity index (χ4v) is 5.85. The van der Waals surface area contributed by atoms with Gasteiger partial charge >= 0.3 is 6.09 Å². The number of aryl methyl sites for hydroxylation is 1. The smallest absolute Gasteiger partial charge is 0.408 e. The van der Waals surface area contributed by atoms with Crippen molar-refractivity contribution in [2.45, 2.75) is 78.7 Å². The highest BCUT2D eigenvalue weighted by Gasteiger charge is 2.48. The minimum absolute atomic E-state index is 0.0230. The average Bonchev–Trinajstić information content (AvgIpc) is 3.76. The second-order valence-electron chi connectivity index (χ2n) is 13.3. The molecule has 4 rings (SSSR count). The summed E-state index contributed by atoms with van der Waals surface area (Å²) in [5.74, 6) is 0.782. The van der Waals surface area contributed by atoms with E-state index in [1.807, 2.05) is 13.8 Å². The topological polar surface area (TPSA) is 107 Å². The number of aromatic nitrogens is 3. The van der Waals surface area contributed by atoms with E-state index in [2.05, 4.69) is 39.5 Å². The Morgan fingerprint density at radius 1 is 1.12 bits per heavy atom. The summed E-state index contributed by atoms with van der Waals surface area (Å²) in [5, 5.41) is 10.1. The summed E-state index contributed by atoms with van der Waals surface area (Å²) >= 11 is 0. The van der Waals surface area contributed by atoms with Gasteiger partial charge in [-0.2, -0.15) is 9.49 Å². The van der Waals surface area contributed by atoms with Gasteiger partial charge in [-0.1, -0.05) is 0 Å². The predicted octanol–water partition coefficient (Wildman–Crippen LogP) is 5.64. The van der Waals surface area contributed by atoms with Crippen molar-refractivity contribution in [2.75, 3.05) is 36.4 Å². The van der Waals surface area contributed by atoms with Crippen LogP contribution < -0.4 is 10.6 Å². The highest BCUT2D eigenvalue weighted by molar-refractivity contribution is 8.32. The molecular weight excluding hydrogens is 545 g/mol. The number of carbonyl (C=O) groups is 2.